The Morgan fingerprint density at radius 2 is 1.66 bits per heavy atom. The van der Waals surface area contributed by atoms with Crippen LogP contribution in [0.4, 0.5) is 4.79 Å². The highest BCUT2D eigenvalue weighted by Crippen LogP contribution is 2.23. The number of hydrogen-bond donors (Lipinski definition) is 3. The van der Waals surface area contributed by atoms with E-state index in [4.69, 9.17) is 25.0 Å². The number of nitrogens with one attached hydrogen (secondary N) is 2. The van der Waals surface area contributed by atoms with Gasteiger partial charge in [0.05, 0.1) is 6.54 Å². The molecule has 1 heterocycles. The third-order valence-electron chi connectivity index (χ3n) is 6.07. The highest BCUT2D eigenvalue weighted by Gasteiger charge is 2.20. The van der Waals surface area contributed by atoms with Crippen LogP contribution in [0, 0.1) is 5.41 Å². The van der Waals surface area contributed by atoms with E-state index in [1.165, 1.54) is 19.2 Å². The van der Waals surface area contributed by atoms with E-state index in [0.29, 0.717) is 17.1 Å². The Kier molecular flexibility index (Phi) is 9.10. The van der Waals surface area contributed by atoms with Crippen LogP contribution in [-0.2, 0) is 27.5 Å². The summed E-state index contributed by atoms with van der Waals surface area (Å²) in [5.74, 6) is -1.17. The predicted molar refractivity (Wildman–Crippen MR) is 149 cm³/mol. The first kappa shape index (κ1) is 28.6. The molecule has 0 aliphatic carbocycles. The number of hydrogen-bond acceptors (Lipinski definition) is 8. The van der Waals surface area contributed by atoms with Gasteiger partial charge in [-0.05, 0) is 46.7 Å². The van der Waals surface area contributed by atoms with Crippen LogP contribution >= 0.6 is 0 Å². The van der Waals surface area contributed by atoms with Gasteiger partial charge in [0.25, 0.3) is 0 Å². The van der Waals surface area contributed by atoms with Gasteiger partial charge in [-0.25, -0.2) is 9.59 Å². The quantitative estimate of drug-likeness (QED) is 0.114. The smallest absolute Gasteiger partial charge is 0.416 e. The summed E-state index contributed by atoms with van der Waals surface area (Å²) in [5, 5.41) is 11.8. The minimum atomic E-state index is -0.805. The van der Waals surface area contributed by atoms with Crippen molar-refractivity contribution in [1.82, 2.24) is 10.2 Å². The topological polar surface area (TPSA) is 165 Å². The van der Waals surface area contributed by atoms with Gasteiger partial charge in [-0.1, -0.05) is 48.5 Å². The fourth-order valence-corrected chi connectivity index (χ4v) is 3.78. The van der Waals surface area contributed by atoms with Crippen LogP contribution in [0.15, 0.2) is 83.3 Å². The fourth-order valence-electron chi connectivity index (χ4n) is 3.78. The molecule has 0 radical (unpaired) electrons. The highest BCUT2D eigenvalue weighted by atomic mass is 16.6. The number of rotatable bonds is 10. The van der Waals surface area contributed by atoms with E-state index >= 15 is 0 Å². The van der Waals surface area contributed by atoms with Crippen molar-refractivity contribution >= 4 is 40.5 Å². The second-order valence-corrected chi connectivity index (χ2v) is 9.06. The van der Waals surface area contributed by atoms with Crippen LogP contribution in [0.1, 0.15) is 40.3 Å². The van der Waals surface area contributed by atoms with Crippen LogP contribution in [0.5, 0.6) is 5.75 Å². The number of amides is 3. The van der Waals surface area contributed by atoms with Crippen LogP contribution in [-0.4, -0.2) is 41.7 Å². The molecule has 11 heteroatoms. The van der Waals surface area contributed by atoms with Crippen molar-refractivity contribution < 1.29 is 33.1 Å². The van der Waals surface area contributed by atoms with Crippen molar-refractivity contribution in [2.75, 3.05) is 7.05 Å². The lowest BCUT2D eigenvalue weighted by Crippen LogP contribution is -2.34. The molecule has 0 aliphatic heterocycles. The number of benzene rings is 3. The van der Waals surface area contributed by atoms with E-state index in [9.17, 15) is 19.2 Å². The molecule has 3 amide bonds. The third-order valence-corrected chi connectivity index (χ3v) is 6.07. The summed E-state index contributed by atoms with van der Waals surface area (Å²) in [5.41, 5.74) is 6.91. The Morgan fingerprint density at radius 3 is 2.41 bits per heavy atom. The Balaban J connectivity index is 1.21. The average molecular weight is 557 g/mol. The number of carbonyl (C=O) groups is 4. The monoisotopic (exact) mass is 556 g/mol. The number of nitrogen functional groups attached to an aromatic ring is 1. The van der Waals surface area contributed by atoms with E-state index in [0.717, 1.165) is 21.2 Å². The molecular formula is C30H28N4O7. The maximum absolute atomic E-state index is 12.5. The normalized spacial score (nSPS) is 10.6. The van der Waals surface area contributed by atoms with Gasteiger partial charge in [-0.15, -0.1) is 0 Å². The zero-order valence-electron chi connectivity index (χ0n) is 22.2. The van der Waals surface area contributed by atoms with Crippen molar-refractivity contribution in [3.05, 3.63) is 102 Å². The van der Waals surface area contributed by atoms with Crippen LogP contribution in [0.25, 0.3) is 10.8 Å². The first-order valence-corrected chi connectivity index (χ1v) is 12.6. The Hall–Kier alpha value is -5.45. The summed E-state index contributed by atoms with van der Waals surface area (Å²) >= 11 is 0. The van der Waals surface area contributed by atoms with Gasteiger partial charge in [0, 0.05) is 25.5 Å². The summed E-state index contributed by atoms with van der Waals surface area (Å²) < 4.78 is 16.0. The first-order valence-electron chi connectivity index (χ1n) is 12.6. The second kappa shape index (κ2) is 13.1. The minimum Gasteiger partial charge on any atom is -0.452 e. The van der Waals surface area contributed by atoms with Crippen molar-refractivity contribution in [2.24, 2.45) is 5.73 Å². The molecule has 3 aromatic carbocycles. The van der Waals surface area contributed by atoms with Crippen molar-refractivity contribution in [3.63, 3.8) is 0 Å². The molecule has 4 aromatic rings. The predicted octanol–water partition coefficient (Wildman–Crippen LogP) is 4.13. The van der Waals surface area contributed by atoms with Gasteiger partial charge in [-0.2, -0.15) is 0 Å². The number of imide groups is 1. The largest absolute Gasteiger partial charge is 0.452 e. The number of nitrogens with two attached hydrogens (primary N) is 1. The van der Waals surface area contributed by atoms with E-state index in [-0.39, 0.29) is 37.6 Å². The van der Waals surface area contributed by atoms with Gasteiger partial charge >= 0.3 is 12.1 Å². The van der Waals surface area contributed by atoms with E-state index in [1.807, 2.05) is 18.2 Å². The van der Waals surface area contributed by atoms with Gasteiger partial charge < -0.3 is 24.9 Å². The zero-order chi connectivity index (χ0) is 29.4. The third kappa shape index (κ3) is 7.79. The number of carbonyl (C=O) groups excluding carboxylic acids is 4. The molecule has 0 unspecified atom stereocenters. The minimum absolute atomic E-state index is 0.0102. The van der Waals surface area contributed by atoms with E-state index in [1.54, 1.807) is 48.5 Å². The number of esters is 1. The lowest BCUT2D eigenvalue weighted by atomic mass is 10.1. The molecule has 41 heavy (non-hydrogen) atoms. The number of amidine groups is 1. The summed E-state index contributed by atoms with van der Waals surface area (Å²) in [7, 11) is 1.29. The molecule has 0 fully saturated rings. The lowest BCUT2D eigenvalue weighted by Gasteiger charge is -2.15. The molecule has 11 nitrogen and oxygen atoms in total. The molecule has 0 aliphatic rings. The van der Waals surface area contributed by atoms with Gasteiger partial charge in [0.2, 0.25) is 17.6 Å². The van der Waals surface area contributed by atoms with E-state index in [2.05, 4.69) is 5.32 Å². The molecule has 0 saturated carbocycles. The molecule has 0 atom stereocenters. The first-order chi connectivity index (χ1) is 19.7. The molecule has 4 rings (SSSR count). The second-order valence-electron chi connectivity index (χ2n) is 9.06. The van der Waals surface area contributed by atoms with Crippen LogP contribution in [0.2, 0.25) is 0 Å². The molecular weight excluding hydrogens is 528 g/mol. The lowest BCUT2D eigenvalue weighted by molar-refractivity contribution is -0.131. The maximum atomic E-state index is 12.5. The molecule has 0 saturated heterocycles. The molecule has 0 bridgehead atoms. The van der Waals surface area contributed by atoms with Gasteiger partial charge in [-0.3, -0.25) is 19.9 Å². The molecule has 1 aromatic heterocycles. The van der Waals surface area contributed by atoms with Crippen molar-refractivity contribution in [2.45, 2.75) is 26.0 Å². The van der Waals surface area contributed by atoms with Crippen LogP contribution in [0.3, 0.4) is 0 Å². The molecule has 4 N–H and O–H groups in total. The number of nitrogens with zero attached hydrogens (tertiary/aromatic N) is 1. The zero-order valence-corrected chi connectivity index (χ0v) is 22.2. The van der Waals surface area contributed by atoms with Crippen molar-refractivity contribution in [1.29, 1.82) is 5.41 Å². The summed E-state index contributed by atoms with van der Waals surface area (Å²) in [6.45, 7) is 0.0193. The maximum Gasteiger partial charge on any atom is 0.416 e. The Bertz CT molecular complexity index is 1600. The fraction of sp³-hybridized carbons (Fsp3) is 0.167. The summed E-state index contributed by atoms with van der Waals surface area (Å²) in [6.07, 6.45) is -1.15. The van der Waals surface area contributed by atoms with Gasteiger partial charge in [0.1, 0.15) is 24.0 Å². The van der Waals surface area contributed by atoms with Crippen molar-refractivity contribution in [3.8, 4) is 5.75 Å². The van der Waals surface area contributed by atoms with Gasteiger partial charge in [0.15, 0.2) is 0 Å². The molecule has 210 valence electrons. The Labute approximate surface area is 235 Å². The summed E-state index contributed by atoms with van der Waals surface area (Å²) in [6, 6.07) is 22.3. The average Bonchev–Trinajstić information content (AvgIpc) is 3.46. The standard InChI is InChI=1S/C30H28N4O7/c1-34(30(38)39-18-19-5-3-2-4-6-19)27(36)14-13-26(35)33-17-24-11-12-25(40-24)29(37)41-23-10-9-20-15-22(28(31)32)8-7-21(20)16-23/h2-12,15-16H,13-14,17-18H2,1H3,(H3,31,32)(H,33,35). The molecule has 0 spiro atoms. The number of ether oxygens (including phenoxy) is 2. The highest BCUT2D eigenvalue weighted by molar-refractivity contribution is 5.99. The van der Waals surface area contributed by atoms with E-state index < -0.39 is 23.9 Å². The Morgan fingerprint density at radius 1 is 0.927 bits per heavy atom. The van der Waals surface area contributed by atoms with Crippen LogP contribution < -0.4 is 15.8 Å². The number of fused-ring (bicyclic) bond motifs is 1. The summed E-state index contributed by atoms with van der Waals surface area (Å²) in [4.78, 5) is 50.0. The SMILES string of the molecule is CN(C(=O)CCC(=O)NCc1ccc(C(=O)Oc2ccc3cc(C(=N)N)ccc3c2)o1)C(=O)OCc1ccccc1. The number of furan rings is 1.